The zero-order valence-electron chi connectivity index (χ0n) is 19.7. The van der Waals surface area contributed by atoms with Crippen LogP contribution in [0.5, 0.6) is 0 Å². The molecule has 0 saturated heterocycles. The molecule has 0 bridgehead atoms. The highest BCUT2D eigenvalue weighted by Crippen LogP contribution is 2.65. The van der Waals surface area contributed by atoms with Gasteiger partial charge in [-0.3, -0.25) is 0 Å². The van der Waals surface area contributed by atoms with Crippen molar-refractivity contribution >= 4 is 0 Å². The summed E-state index contributed by atoms with van der Waals surface area (Å²) >= 11 is 0. The molecule has 7 unspecified atom stereocenters. The maximum atomic E-state index is 10.2. The Hall–Kier alpha value is -0.820. The van der Waals surface area contributed by atoms with Gasteiger partial charge >= 0.3 is 0 Å². The fourth-order valence-corrected chi connectivity index (χ4v) is 7.59. The largest absolute Gasteiger partial charge is 0.393 e. The Morgan fingerprint density at radius 1 is 0.931 bits per heavy atom. The molecular formula is C28H44O. The lowest BCUT2D eigenvalue weighted by atomic mass is 9.50. The van der Waals surface area contributed by atoms with E-state index in [0.717, 1.165) is 36.5 Å². The Labute approximate surface area is 179 Å². The molecule has 29 heavy (non-hydrogen) atoms. The molecule has 3 fully saturated rings. The summed E-state index contributed by atoms with van der Waals surface area (Å²) in [6.45, 7) is 14.6. The number of aliphatic hydroxyl groups excluding tert-OH is 1. The summed E-state index contributed by atoms with van der Waals surface area (Å²) in [5.41, 5.74) is 4.07. The van der Waals surface area contributed by atoms with Gasteiger partial charge in [-0.1, -0.05) is 77.0 Å². The normalized spacial score (nSPS) is 44.0. The minimum Gasteiger partial charge on any atom is -0.393 e. The van der Waals surface area contributed by atoms with Gasteiger partial charge in [-0.05, 0) is 91.3 Å². The Morgan fingerprint density at radius 2 is 1.69 bits per heavy atom. The van der Waals surface area contributed by atoms with E-state index < -0.39 is 0 Å². The molecule has 0 spiro atoms. The molecule has 162 valence electrons. The van der Waals surface area contributed by atoms with Crippen LogP contribution in [0.4, 0.5) is 0 Å². The number of fused-ring (bicyclic) bond motifs is 5. The summed E-state index contributed by atoms with van der Waals surface area (Å²) < 4.78 is 0. The quantitative estimate of drug-likeness (QED) is 0.493. The van der Waals surface area contributed by atoms with Crippen molar-refractivity contribution in [1.82, 2.24) is 0 Å². The van der Waals surface area contributed by atoms with Gasteiger partial charge in [-0.25, -0.2) is 0 Å². The Kier molecular flexibility index (Phi) is 5.69. The predicted molar refractivity (Wildman–Crippen MR) is 123 cm³/mol. The summed E-state index contributed by atoms with van der Waals surface area (Å²) in [5, 5.41) is 10.2. The zero-order valence-corrected chi connectivity index (χ0v) is 19.7. The van der Waals surface area contributed by atoms with E-state index in [1.807, 2.05) is 0 Å². The fourth-order valence-electron chi connectivity index (χ4n) is 7.59. The highest BCUT2D eigenvalue weighted by atomic mass is 16.3. The van der Waals surface area contributed by atoms with Gasteiger partial charge in [0.2, 0.25) is 0 Å². The van der Waals surface area contributed by atoms with Gasteiger partial charge in [0.05, 0.1) is 6.10 Å². The molecule has 4 aliphatic rings. The van der Waals surface area contributed by atoms with Crippen molar-refractivity contribution in [2.45, 2.75) is 92.6 Å². The summed E-state index contributed by atoms with van der Waals surface area (Å²) in [4.78, 5) is 0. The number of rotatable bonds is 4. The molecule has 0 aliphatic heterocycles. The van der Waals surface area contributed by atoms with E-state index in [9.17, 15) is 5.11 Å². The monoisotopic (exact) mass is 396 g/mol. The highest BCUT2D eigenvalue weighted by molar-refractivity contribution is 5.39. The Morgan fingerprint density at radius 3 is 2.41 bits per heavy atom. The summed E-state index contributed by atoms with van der Waals surface area (Å²) in [6, 6.07) is 0. The molecule has 0 aromatic carbocycles. The van der Waals surface area contributed by atoms with Crippen LogP contribution < -0.4 is 0 Å². The second kappa shape index (κ2) is 7.70. The second-order valence-corrected chi connectivity index (χ2v) is 11.9. The predicted octanol–water partition coefficient (Wildman–Crippen LogP) is 7.33. The average molecular weight is 397 g/mol. The van der Waals surface area contributed by atoms with Gasteiger partial charge in [0.25, 0.3) is 0 Å². The van der Waals surface area contributed by atoms with Crippen LogP contribution in [0, 0.1) is 46.3 Å². The third-order valence-electron chi connectivity index (χ3n) is 10.0. The van der Waals surface area contributed by atoms with Crippen LogP contribution >= 0.6 is 0 Å². The minimum absolute atomic E-state index is 0.116. The van der Waals surface area contributed by atoms with Crippen molar-refractivity contribution < 1.29 is 5.11 Å². The van der Waals surface area contributed by atoms with Crippen molar-refractivity contribution in [2.75, 3.05) is 0 Å². The number of allylic oxidation sites excluding steroid dienone is 5. The van der Waals surface area contributed by atoms with Crippen LogP contribution in [0.2, 0.25) is 0 Å². The van der Waals surface area contributed by atoms with Crippen LogP contribution in [-0.2, 0) is 0 Å². The van der Waals surface area contributed by atoms with Crippen molar-refractivity contribution in [3.05, 3.63) is 35.5 Å². The number of hydrogen-bond acceptors (Lipinski definition) is 1. The van der Waals surface area contributed by atoms with Gasteiger partial charge in [0.15, 0.2) is 0 Å². The van der Waals surface area contributed by atoms with E-state index >= 15 is 0 Å². The maximum Gasteiger partial charge on any atom is 0.0578 e. The van der Waals surface area contributed by atoms with E-state index in [1.54, 1.807) is 5.57 Å². The van der Waals surface area contributed by atoms with Crippen LogP contribution in [0.25, 0.3) is 0 Å². The van der Waals surface area contributed by atoms with Crippen molar-refractivity contribution in [1.29, 1.82) is 0 Å². The van der Waals surface area contributed by atoms with Crippen LogP contribution in [0.15, 0.2) is 35.5 Å². The molecule has 1 N–H and O–H groups in total. The number of aliphatic hydroxyl groups is 1. The van der Waals surface area contributed by atoms with Crippen molar-refractivity contribution in [2.24, 2.45) is 46.3 Å². The van der Waals surface area contributed by atoms with Gasteiger partial charge in [-0.15, -0.1) is 0 Å². The van der Waals surface area contributed by atoms with Gasteiger partial charge in [-0.2, -0.15) is 0 Å². The first kappa shape index (κ1) is 21.4. The summed E-state index contributed by atoms with van der Waals surface area (Å²) in [7, 11) is 0. The van der Waals surface area contributed by atoms with Gasteiger partial charge in [0.1, 0.15) is 0 Å². The van der Waals surface area contributed by atoms with Crippen LogP contribution in [0.1, 0.15) is 86.5 Å². The van der Waals surface area contributed by atoms with E-state index in [-0.39, 0.29) is 6.10 Å². The molecule has 3 saturated carbocycles. The molecule has 0 amide bonds. The lowest BCUT2D eigenvalue weighted by molar-refractivity contribution is 0.0382. The molecule has 0 radical (unpaired) electrons. The minimum atomic E-state index is -0.116. The summed E-state index contributed by atoms with van der Waals surface area (Å²) in [6.07, 6.45) is 18.4. The zero-order chi connectivity index (χ0) is 21.0. The lowest BCUT2D eigenvalue weighted by Gasteiger charge is -2.55. The molecule has 4 rings (SSSR count). The second-order valence-electron chi connectivity index (χ2n) is 11.9. The van der Waals surface area contributed by atoms with Gasteiger partial charge < -0.3 is 5.11 Å². The first-order valence-corrected chi connectivity index (χ1v) is 12.4. The Bertz CT molecular complexity index is 712. The topological polar surface area (TPSA) is 20.2 Å². The molecule has 0 aromatic heterocycles. The third kappa shape index (κ3) is 3.50. The summed E-state index contributed by atoms with van der Waals surface area (Å²) in [5.74, 6) is 4.38. The smallest absolute Gasteiger partial charge is 0.0578 e. The standard InChI is InChI=1S/C28H44O/c1-18(2)19(3)7-8-20(4)24-11-12-25-23-10-9-21-17-22(29)13-15-27(21,5)26(23)14-16-28(24,25)6/h7-10,18-20,22,24-26,29H,11-17H2,1-6H3/b8-7+/t19?,20?,22-,24?,25?,26?,27?,28?/m0/s1. The van der Waals surface area contributed by atoms with Crippen molar-refractivity contribution in [3.63, 3.8) is 0 Å². The van der Waals surface area contributed by atoms with Crippen molar-refractivity contribution in [3.8, 4) is 0 Å². The van der Waals surface area contributed by atoms with E-state index in [4.69, 9.17) is 0 Å². The molecule has 0 heterocycles. The van der Waals surface area contributed by atoms with E-state index in [2.05, 4.69) is 65.8 Å². The van der Waals surface area contributed by atoms with E-state index in [0.29, 0.717) is 22.7 Å². The first-order chi connectivity index (χ1) is 13.7. The molecular weight excluding hydrogens is 352 g/mol. The number of hydrogen-bond donors (Lipinski definition) is 1. The average Bonchev–Trinajstić information content (AvgIpc) is 3.03. The first-order valence-electron chi connectivity index (χ1n) is 12.4. The molecule has 1 heteroatoms. The highest BCUT2D eigenvalue weighted by Gasteiger charge is 2.56. The maximum absolute atomic E-state index is 10.2. The Balaban J connectivity index is 1.57. The van der Waals surface area contributed by atoms with Crippen LogP contribution in [-0.4, -0.2) is 11.2 Å². The van der Waals surface area contributed by atoms with Crippen LogP contribution in [0.3, 0.4) is 0 Å². The van der Waals surface area contributed by atoms with Gasteiger partial charge in [0, 0.05) is 0 Å². The molecule has 1 nitrogen and oxygen atoms in total. The van der Waals surface area contributed by atoms with E-state index in [1.165, 1.54) is 37.7 Å². The SMILES string of the molecule is CC(C)C(C)/C=C/C(C)C1CCC2C3=CC=C4C[C@@H](O)CCC4(C)C3CCC21C. The molecule has 0 aromatic rings. The molecule has 4 aliphatic carbocycles. The fraction of sp³-hybridized carbons (Fsp3) is 0.786. The molecule has 8 atom stereocenters. The lowest BCUT2D eigenvalue weighted by Crippen LogP contribution is -2.46. The third-order valence-corrected chi connectivity index (χ3v) is 10.0.